The van der Waals surface area contributed by atoms with Gasteiger partial charge in [-0.15, -0.1) is 0 Å². The summed E-state index contributed by atoms with van der Waals surface area (Å²) in [5.41, 5.74) is 1.19. The van der Waals surface area contributed by atoms with Gasteiger partial charge in [0.2, 0.25) is 15.9 Å². The highest BCUT2D eigenvalue weighted by Gasteiger charge is 2.26. The number of likely N-dealkylation sites (tertiary alicyclic amines) is 1. The first-order valence-corrected chi connectivity index (χ1v) is 10.0. The normalized spacial score (nSPS) is 19.7. The number of hydrogen-bond acceptors (Lipinski definition) is 4. The van der Waals surface area contributed by atoms with Crippen LogP contribution in [0.2, 0.25) is 0 Å². The minimum absolute atomic E-state index is 0.0107. The number of amides is 1. The Bertz CT molecular complexity index is 555. The molecule has 1 aliphatic heterocycles. The molecule has 1 saturated heterocycles. The number of carbonyl (C=O) groups excluding carboxylic acids is 1. The summed E-state index contributed by atoms with van der Waals surface area (Å²) in [6, 6.07) is 2.03. The van der Waals surface area contributed by atoms with Gasteiger partial charge in [0, 0.05) is 25.6 Å². The van der Waals surface area contributed by atoms with Gasteiger partial charge in [-0.1, -0.05) is 0 Å². The van der Waals surface area contributed by atoms with Crippen molar-refractivity contribution in [1.29, 1.82) is 0 Å². The molecule has 1 aromatic rings. The van der Waals surface area contributed by atoms with Crippen LogP contribution in [0.5, 0.6) is 0 Å². The number of carbonyl (C=O) groups is 1. The number of sulfonamides is 1. The van der Waals surface area contributed by atoms with Gasteiger partial charge in [0.25, 0.3) is 0 Å². The van der Waals surface area contributed by atoms with Gasteiger partial charge in [-0.25, -0.2) is 13.1 Å². The molecule has 1 amide bonds. The predicted octanol–water partition coefficient (Wildman–Crippen LogP) is 1.61. The molecular weight excluding hydrogens is 308 g/mol. The number of rotatable bonds is 6. The zero-order valence-corrected chi connectivity index (χ0v) is 13.9. The maximum atomic E-state index is 12.4. The van der Waals surface area contributed by atoms with Crippen LogP contribution in [-0.4, -0.2) is 44.6 Å². The molecule has 0 spiro atoms. The minimum Gasteiger partial charge on any atom is -0.338 e. The molecule has 1 N–H and O–H groups in total. The molecule has 1 fully saturated rings. The summed E-state index contributed by atoms with van der Waals surface area (Å²) in [5, 5.41) is 4.08. The van der Waals surface area contributed by atoms with E-state index in [0.717, 1.165) is 38.5 Å². The van der Waals surface area contributed by atoms with Crippen molar-refractivity contribution in [3.63, 3.8) is 0 Å². The van der Waals surface area contributed by atoms with Crippen LogP contribution in [0.25, 0.3) is 0 Å². The Morgan fingerprint density at radius 3 is 2.95 bits per heavy atom. The van der Waals surface area contributed by atoms with E-state index in [0.29, 0.717) is 13.0 Å². The lowest BCUT2D eigenvalue weighted by Crippen LogP contribution is -2.49. The van der Waals surface area contributed by atoms with Crippen LogP contribution in [-0.2, 0) is 21.2 Å². The highest BCUT2D eigenvalue weighted by molar-refractivity contribution is 7.88. The van der Waals surface area contributed by atoms with Gasteiger partial charge in [0.05, 0.1) is 6.26 Å². The Labute approximate surface area is 130 Å². The van der Waals surface area contributed by atoms with Crippen molar-refractivity contribution in [3.8, 4) is 0 Å². The summed E-state index contributed by atoms with van der Waals surface area (Å²) >= 11 is 1.64. The fourth-order valence-corrected chi connectivity index (χ4v) is 3.82. The first-order chi connectivity index (χ1) is 9.96. The fourth-order valence-electron chi connectivity index (χ4n) is 2.62. The third kappa shape index (κ3) is 5.41. The molecule has 5 nitrogen and oxygen atoms in total. The van der Waals surface area contributed by atoms with Crippen LogP contribution < -0.4 is 4.72 Å². The van der Waals surface area contributed by atoms with Crippen molar-refractivity contribution in [2.75, 3.05) is 19.3 Å². The molecule has 21 heavy (non-hydrogen) atoms. The van der Waals surface area contributed by atoms with Crippen molar-refractivity contribution >= 4 is 27.3 Å². The van der Waals surface area contributed by atoms with Crippen molar-refractivity contribution in [2.24, 2.45) is 0 Å². The summed E-state index contributed by atoms with van der Waals surface area (Å²) in [7, 11) is -3.21. The summed E-state index contributed by atoms with van der Waals surface area (Å²) in [6.45, 7) is 1.06. The Hall–Kier alpha value is -0.920. The van der Waals surface area contributed by atoms with E-state index in [4.69, 9.17) is 0 Å². The third-order valence-electron chi connectivity index (χ3n) is 3.74. The number of nitrogens with zero attached hydrogens (tertiary/aromatic N) is 1. The largest absolute Gasteiger partial charge is 0.338 e. The van der Waals surface area contributed by atoms with E-state index in [1.807, 2.05) is 16.3 Å². The Morgan fingerprint density at radius 2 is 2.29 bits per heavy atom. The van der Waals surface area contributed by atoms with Crippen LogP contribution in [0.4, 0.5) is 0 Å². The van der Waals surface area contributed by atoms with Gasteiger partial charge in [0.1, 0.15) is 0 Å². The number of nitrogens with one attached hydrogen (secondary N) is 1. The molecular formula is C14H22N2O3S2. The summed E-state index contributed by atoms with van der Waals surface area (Å²) in [4.78, 5) is 14.2. The van der Waals surface area contributed by atoms with Crippen molar-refractivity contribution in [2.45, 2.75) is 38.1 Å². The van der Waals surface area contributed by atoms with E-state index in [1.54, 1.807) is 11.3 Å². The quantitative estimate of drug-likeness (QED) is 0.862. The number of piperidine rings is 1. The number of hydrogen-bond donors (Lipinski definition) is 1. The second-order valence-electron chi connectivity index (χ2n) is 5.49. The smallest absolute Gasteiger partial charge is 0.223 e. The molecule has 1 atom stereocenters. The SMILES string of the molecule is CS(=O)(=O)NCC1CCCCN1C(=O)CCc1ccsc1. The molecule has 0 aromatic carbocycles. The van der Waals surface area contributed by atoms with Crippen LogP contribution >= 0.6 is 11.3 Å². The predicted molar refractivity (Wildman–Crippen MR) is 84.8 cm³/mol. The molecule has 0 radical (unpaired) electrons. The first kappa shape index (κ1) is 16.5. The lowest BCUT2D eigenvalue weighted by Gasteiger charge is -2.36. The Morgan fingerprint density at radius 1 is 1.48 bits per heavy atom. The van der Waals surface area contributed by atoms with Gasteiger partial charge in [-0.2, -0.15) is 11.3 Å². The Kier molecular flexibility index (Phi) is 5.78. The highest BCUT2D eigenvalue weighted by atomic mass is 32.2. The monoisotopic (exact) mass is 330 g/mol. The molecule has 1 aromatic heterocycles. The lowest BCUT2D eigenvalue weighted by atomic mass is 10.0. The summed E-state index contributed by atoms with van der Waals surface area (Å²) in [6.07, 6.45) is 5.31. The zero-order valence-electron chi connectivity index (χ0n) is 12.2. The topological polar surface area (TPSA) is 66.5 Å². The molecule has 1 unspecified atom stereocenters. The van der Waals surface area contributed by atoms with Gasteiger partial charge < -0.3 is 4.90 Å². The Balaban J connectivity index is 1.89. The molecule has 0 bridgehead atoms. The maximum Gasteiger partial charge on any atom is 0.223 e. The summed E-state index contributed by atoms with van der Waals surface area (Å²) < 4.78 is 25.0. The summed E-state index contributed by atoms with van der Waals surface area (Å²) in [5.74, 6) is 0.126. The van der Waals surface area contributed by atoms with E-state index >= 15 is 0 Å². The van der Waals surface area contributed by atoms with E-state index in [1.165, 1.54) is 5.56 Å². The van der Waals surface area contributed by atoms with Crippen molar-refractivity contribution in [1.82, 2.24) is 9.62 Å². The minimum atomic E-state index is -3.21. The van der Waals surface area contributed by atoms with Gasteiger partial charge >= 0.3 is 0 Å². The average Bonchev–Trinajstić information content (AvgIpc) is 2.95. The van der Waals surface area contributed by atoms with Crippen LogP contribution in [0, 0.1) is 0 Å². The van der Waals surface area contributed by atoms with Crippen LogP contribution in [0.3, 0.4) is 0 Å². The van der Waals surface area contributed by atoms with Gasteiger partial charge in [-0.3, -0.25) is 4.79 Å². The maximum absolute atomic E-state index is 12.4. The highest BCUT2D eigenvalue weighted by Crippen LogP contribution is 2.19. The van der Waals surface area contributed by atoms with Gasteiger partial charge in [0.15, 0.2) is 0 Å². The third-order valence-corrected chi connectivity index (χ3v) is 5.16. The van der Waals surface area contributed by atoms with Crippen LogP contribution in [0.15, 0.2) is 16.8 Å². The van der Waals surface area contributed by atoms with Crippen molar-refractivity contribution < 1.29 is 13.2 Å². The molecule has 118 valence electrons. The zero-order chi connectivity index (χ0) is 15.3. The molecule has 2 rings (SSSR count). The molecule has 2 heterocycles. The van der Waals surface area contributed by atoms with E-state index in [-0.39, 0.29) is 11.9 Å². The molecule has 0 saturated carbocycles. The van der Waals surface area contributed by atoms with Gasteiger partial charge in [-0.05, 0) is 48.1 Å². The molecule has 7 heteroatoms. The number of aryl methyl sites for hydroxylation is 1. The fraction of sp³-hybridized carbons (Fsp3) is 0.643. The van der Waals surface area contributed by atoms with E-state index < -0.39 is 10.0 Å². The molecule has 0 aliphatic carbocycles. The van der Waals surface area contributed by atoms with E-state index in [2.05, 4.69) is 10.1 Å². The first-order valence-electron chi connectivity index (χ1n) is 7.21. The lowest BCUT2D eigenvalue weighted by molar-refractivity contribution is -0.134. The average molecular weight is 330 g/mol. The van der Waals surface area contributed by atoms with Crippen molar-refractivity contribution in [3.05, 3.63) is 22.4 Å². The van der Waals surface area contributed by atoms with E-state index in [9.17, 15) is 13.2 Å². The molecule has 1 aliphatic rings. The second-order valence-corrected chi connectivity index (χ2v) is 8.10. The second kappa shape index (κ2) is 7.38. The standard InChI is InChI=1S/C14H22N2O3S2/c1-21(18,19)15-10-13-4-2-3-8-16(13)14(17)6-5-12-7-9-20-11-12/h7,9,11,13,15H,2-6,8,10H2,1H3. The number of thiophene rings is 1. The van der Waals surface area contributed by atoms with Crippen LogP contribution in [0.1, 0.15) is 31.2 Å².